The summed E-state index contributed by atoms with van der Waals surface area (Å²) in [4.78, 5) is 29.4. The van der Waals surface area contributed by atoms with E-state index in [9.17, 15) is 14.7 Å². The highest BCUT2D eigenvalue weighted by Crippen LogP contribution is 2.45. The van der Waals surface area contributed by atoms with Crippen molar-refractivity contribution in [3.63, 3.8) is 0 Å². The van der Waals surface area contributed by atoms with Crippen molar-refractivity contribution in [1.29, 1.82) is 0 Å². The molecule has 30 heavy (non-hydrogen) atoms. The number of aromatic nitrogens is 1. The Morgan fingerprint density at radius 2 is 1.80 bits per heavy atom. The van der Waals surface area contributed by atoms with E-state index in [1.165, 1.54) is 12.3 Å². The molecule has 7 heteroatoms. The van der Waals surface area contributed by atoms with Crippen molar-refractivity contribution in [3.05, 3.63) is 87.5 Å². The maximum absolute atomic E-state index is 13.3. The molecule has 6 nitrogen and oxygen atoms in total. The number of rotatable bonds is 2. The van der Waals surface area contributed by atoms with Crippen LogP contribution < -0.4 is 10.2 Å². The van der Waals surface area contributed by atoms with Gasteiger partial charge in [-0.1, -0.05) is 23.7 Å². The minimum Gasteiger partial charge on any atom is -0.507 e. The predicted molar refractivity (Wildman–Crippen MR) is 111 cm³/mol. The van der Waals surface area contributed by atoms with Crippen LogP contribution in [-0.2, 0) is 4.79 Å². The van der Waals surface area contributed by atoms with Gasteiger partial charge >= 0.3 is 5.97 Å². The number of nitrogens with zero attached hydrogens (tertiary/aromatic N) is 1. The van der Waals surface area contributed by atoms with Crippen molar-refractivity contribution in [2.24, 2.45) is 0 Å². The first kappa shape index (κ1) is 18.4. The summed E-state index contributed by atoms with van der Waals surface area (Å²) in [7, 11) is 0. The molecule has 4 aromatic rings. The summed E-state index contributed by atoms with van der Waals surface area (Å²) in [5, 5.41) is 11.2. The molecule has 148 valence electrons. The van der Waals surface area contributed by atoms with Gasteiger partial charge in [-0.25, -0.2) is 0 Å². The van der Waals surface area contributed by atoms with Crippen LogP contribution in [0.25, 0.3) is 22.1 Å². The number of aromatic hydroxyl groups is 1. The highest BCUT2D eigenvalue weighted by Gasteiger charge is 2.33. The standard InChI is InChI=1S/C23H14ClNO5/c24-14-3-1-12(2-4-14)16-11-29-23-20-15(13-5-7-25-8-6-13)9-19(27)30-18(20)10-17(26)21(23)22(16)28/h1-8,10-11,15,26H,9H2/t15-/m0/s1. The van der Waals surface area contributed by atoms with Gasteiger partial charge in [-0.3, -0.25) is 14.6 Å². The number of halogens is 1. The first-order chi connectivity index (χ1) is 14.5. The van der Waals surface area contributed by atoms with E-state index in [0.717, 1.165) is 5.56 Å². The lowest BCUT2D eigenvalue weighted by Gasteiger charge is -2.25. The summed E-state index contributed by atoms with van der Waals surface area (Å²) in [5.41, 5.74) is 2.10. The van der Waals surface area contributed by atoms with Crippen LogP contribution in [0.4, 0.5) is 0 Å². The highest BCUT2D eigenvalue weighted by molar-refractivity contribution is 6.30. The van der Waals surface area contributed by atoms with Crippen LogP contribution in [-0.4, -0.2) is 16.1 Å². The number of fused-ring (bicyclic) bond motifs is 3. The van der Waals surface area contributed by atoms with Crippen LogP contribution in [0.2, 0.25) is 5.02 Å². The number of carbonyl (C=O) groups excluding carboxylic acids is 1. The number of esters is 1. The molecule has 0 fully saturated rings. The third-order valence-electron chi connectivity index (χ3n) is 5.23. The molecule has 0 aliphatic carbocycles. The van der Waals surface area contributed by atoms with Crippen LogP contribution in [0.5, 0.6) is 11.5 Å². The Morgan fingerprint density at radius 3 is 2.53 bits per heavy atom. The molecular formula is C23H14ClNO5. The van der Waals surface area contributed by atoms with Crippen molar-refractivity contribution in [3.8, 4) is 22.6 Å². The fourth-order valence-corrected chi connectivity index (χ4v) is 3.97. The normalized spacial score (nSPS) is 15.6. The fourth-order valence-electron chi connectivity index (χ4n) is 3.84. The first-order valence-electron chi connectivity index (χ1n) is 9.21. The number of carbonyl (C=O) groups is 1. The molecule has 0 saturated carbocycles. The van der Waals surface area contributed by atoms with Gasteiger partial charge in [0.15, 0.2) is 0 Å². The zero-order valence-corrected chi connectivity index (χ0v) is 16.2. The molecule has 0 amide bonds. The summed E-state index contributed by atoms with van der Waals surface area (Å²) in [6.07, 6.45) is 4.70. The number of hydrogen-bond acceptors (Lipinski definition) is 6. The molecule has 2 aromatic carbocycles. The Bertz CT molecular complexity index is 1350. The van der Waals surface area contributed by atoms with Gasteiger partial charge in [-0.2, -0.15) is 0 Å². The van der Waals surface area contributed by atoms with Crippen LogP contribution in [0.15, 0.2) is 70.3 Å². The summed E-state index contributed by atoms with van der Waals surface area (Å²) >= 11 is 5.94. The van der Waals surface area contributed by atoms with Gasteiger partial charge in [0.2, 0.25) is 5.43 Å². The average molecular weight is 420 g/mol. The number of benzene rings is 2. The number of phenolic OH excluding ortho intramolecular Hbond substituents is 1. The lowest BCUT2D eigenvalue weighted by Crippen LogP contribution is -2.22. The van der Waals surface area contributed by atoms with E-state index >= 15 is 0 Å². The van der Waals surface area contributed by atoms with Crippen molar-refractivity contribution in [2.45, 2.75) is 12.3 Å². The molecule has 2 aromatic heterocycles. The Balaban J connectivity index is 1.79. The van der Waals surface area contributed by atoms with Crippen LogP contribution in [0.1, 0.15) is 23.5 Å². The van der Waals surface area contributed by atoms with Gasteiger partial charge < -0.3 is 14.3 Å². The van der Waals surface area contributed by atoms with Crippen molar-refractivity contribution in [2.75, 3.05) is 0 Å². The lowest BCUT2D eigenvalue weighted by molar-refractivity contribution is -0.135. The minimum absolute atomic E-state index is 0.0400. The van der Waals surface area contributed by atoms with E-state index in [-0.39, 0.29) is 34.3 Å². The molecule has 1 aliphatic heterocycles. The molecule has 1 N–H and O–H groups in total. The van der Waals surface area contributed by atoms with Crippen molar-refractivity contribution in [1.82, 2.24) is 4.98 Å². The summed E-state index contributed by atoms with van der Waals surface area (Å²) in [5.74, 6) is -0.947. The van der Waals surface area contributed by atoms with E-state index in [4.69, 9.17) is 20.8 Å². The smallest absolute Gasteiger partial charge is 0.312 e. The van der Waals surface area contributed by atoms with Crippen molar-refractivity contribution >= 4 is 28.5 Å². The van der Waals surface area contributed by atoms with E-state index in [0.29, 0.717) is 21.7 Å². The predicted octanol–water partition coefficient (Wildman–Crippen LogP) is 4.66. The topological polar surface area (TPSA) is 89.6 Å². The summed E-state index contributed by atoms with van der Waals surface area (Å²) in [6, 6.07) is 11.6. The Labute approximate surface area is 175 Å². The first-order valence-corrected chi connectivity index (χ1v) is 9.58. The fraction of sp³-hybridized carbons (Fsp3) is 0.0870. The Hall–Kier alpha value is -3.64. The van der Waals surface area contributed by atoms with Gasteiger partial charge in [-0.15, -0.1) is 0 Å². The maximum Gasteiger partial charge on any atom is 0.312 e. The number of phenols is 1. The second-order valence-corrected chi connectivity index (χ2v) is 7.44. The molecule has 5 rings (SSSR count). The van der Waals surface area contributed by atoms with Gasteiger partial charge in [-0.05, 0) is 35.4 Å². The molecule has 0 radical (unpaired) electrons. The van der Waals surface area contributed by atoms with E-state index < -0.39 is 11.9 Å². The second-order valence-electron chi connectivity index (χ2n) is 7.01. The summed E-state index contributed by atoms with van der Waals surface area (Å²) in [6.45, 7) is 0. The van der Waals surface area contributed by atoms with Gasteiger partial charge in [0.1, 0.15) is 28.7 Å². The SMILES string of the molecule is O=C1C[C@@H](c2ccncc2)c2c(cc(O)c3c(=O)c(-c4ccc(Cl)cc4)coc23)O1. The monoisotopic (exact) mass is 419 g/mol. The number of pyridine rings is 1. The Morgan fingerprint density at radius 1 is 1.07 bits per heavy atom. The molecular weight excluding hydrogens is 406 g/mol. The maximum atomic E-state index is 13.3. The minimum atomic E-state index is -0.428. The molecule has 1 aliphatic rings. The van der Waals surface area contributed by atoms with Crippen LogP contribution in [0.3, 0.4) is 0 Å². The number of hydrogen-bond donors (Lipinski definition) is 1. The van der Waals surface area contributed by atoms with Crippen LogP contribution >= 0.6 is 11.6 Å². The van der Waals surface area contributed by atoms with E-state index in [2.05, 4.69) is 4.98 Å². The zero-order valence-electron chi connectivity index (χ0n) is 15.5. The highest BCUT2D eigenvalue weighted by atomic mass is 35.5. The largest absolute Gasteiger partial charge is 0.507 e. The summed E-state index contributed by atoms with van der Waals surface area (Å²) < 4.78 is 11.2. The third kappa shape index (κ3) is 2.93. The molecule has 1 atom stereocenters. The second kappa shape index (κ2) is 7.00. The zero-order chi connectivity index (χ0) is 20.8. The molecule has 3 heterocycles. The van der Waals surface area contributed by atoms with E-state index in [1.807, 2.05) is 0 Å². The van der Waals surface area contributed by atoms with Gasteiger partial charge in [0.25, 0.3) is 0 Å². The van der Waals surface area contributed by atoms with Crippen LogP contribution in [0, 0.1) is 0 Å². The van der Waals surface area contributed by atoms with Gasteiger partial charge in [0.05, 0.1) is 12.0 Å². The van der Waals surface area contributed by atoms with Crippen molar-refractivity contribution < 1.29 is 19.1 Å². The number of ether oxygens (including phenoxy) is 1. The quantitative estimate of drug-likeness (QED) is 0.375. The molecule has 0 bridgehead atoms. The molecule has 0 saturated heterocycles. The third-order valence-corrected chi connectivity index (χ3v) is 5.49. The lowest BCUT2D eigenvalue weighted by atomic mass is 9.85. The Kier molecular flexibility index (Phi) is 4.29. The van der Waals surface area contributed by atoms with Gasteiger partial charge in [0, 0.05) is 35.0 Å². The molecule has 0 unspecified atom stereocenters. The molecule has 0 spiro atoms. The average Bonchev–Trinajstić information content (AvgIpc) is 2.74. The van der Waals surface area contributed by atoms with E-state index in [1.54, 1.807) is 48.8 Å².